The van der Waals surface area contributed by atoms with E-state index in [0.717, 1.165) is 133 Å². The van der Waals surface area contributed by atoms with E-state index in [0.29, 0.717) is 0 Å². The lowest BCUT2D eigenvalue weighted by molar-refractivity contribution is 0.660. The number of para-hydroxylation sites is 2. The van der Waals surface area contributed by atoms with Gasteiger partial charge in [0, 0.05) is 98.2 Å². The van der Waals surface area contributed by atoms with Crippen LogP contribution in [0.15, 0.2) is 248 Å². The number of benzene rings is 12. The average Bonchev–Trinajstić information content (AvgIpc) is 3.24. The molecule has 402 valence electrons. The fourth-order valence-electron chi connectivity index (χ4n) is 15.0. The first-order chi connectivity index (χ1) is 41.6. The second kappa shape index (κ2) is 16.7. The van der Waals surface area contributed by atoms with Crippen molar-refractivity contribution in [1.29, 1.82) is 0 Å². The first kappa shape index (κ1) is 47.2. The second-order valence-corrected chi connectivity index (χ2v) is 25.4. The molecule has 0 spiro atoms. The summed E-state index contributed by atoms with van der Waals surface area (Å²) in [7, 11) is 0. The van der Waals surface area contributed by atoms with Crippen LogP contribution in [-0.2, 0) is 10.8 Å². The van der Waals surface area contributed by atoms with Gasteiger partial charge in [0.2, 0.25) is 0 Å². The molecule has 5 heterocycles. The van der Waals surface area contributed by atoms with Gasteiger partial charge in [-0.2, -0.15) is 0 Å². The van der Waals surface area contributed by atoms with Crippen LogP contribution in [0.4, 0.5) is 34.1 Å². The van der Waals surface area contributed by atoms with Crippen molar-refractivity contribution >= 4 is 153 Å². The van der Waals surface area contributed by atoms with Gasteiger partial charge in [0.05, 0.1) is 22.1 Å². The molecular weight excluding hydrogens is 1060 g/mol. The van der Waals surface area contributed by atoms with Gasteiger partial charge >= 0.3 is 0 Å². The molecule has 0 unspecified atom stereocenters. The van der Waals surface area contributed by atoms with Crippen LogP contribution in [0.3, 0.4) is 0 Å². The maximum atomic E-state index is 7.00. The Morgan fingerprint density at radius 3 is 1.13 bits per heavy atom. The Labute approximate surface area is 491 Å². The molecule has 85 heavy (non-hydrogen) atoms. The number of nitrogens with zero attached hydrogens (tertiary/aromatic N) is 2. The molecular formula is C78H50N2O4S. The number of fused-ring (bicyclic) bond motifs is 21. The number of hydrogen-bond acceptors (Lipinski definition) is 7. The van der Waals surface area contributed by atoms with E-state index in [2.05, 4.69) is 256 Å². The van der Waals surface area contributed by atoms with Crippen LogP contribution in [-0.4, -0.2) is 0 Å². The Bertz CT molecular complexity index is 5430. The van der Waals surface area contributed by atoms with Crippen molar-refractivity contribution in [2.24, 2.45) is 0 Å². The molecule has 0 fully saturated rings. The summed E-state index contributed by atoms with van der Waals surface area (Å²) in [6, 6.07) is 83.6. The zero-order valence-corrected chi connectivity index (χ0v) is 47.7. The van der Waals surface area contributed by atoms with Gasteiger partial charge in [0.15, 0.2) is 0 Å². The Balaban J connectivity index is 0.743. The maximum absolute atomic E-state index is 7.00. The number of rotatable bonds is 6. The van der Waals surface area contributed by atoms with Crippen molar-refractivity contribution in [2.75, 3.05) is 9.80 Å². The molecule has 2 aliphatic rings. The van der Waals surface area contributed by atoms with Gasteiger partial charge in [-0.25, -0.2) is 0 Å². The smallest absolute Gasteiger partial charge is 0.137 e. The molecule has 5 aromatic heterocycles. The highest BCUT2D eigenvalue weighted by atomic mass is 32.1. The Morgan fingerprint density at radius 2 is 0.647 bits per heavy atom. The predicted octanol–water partition coefficient (Wildman–Crippen LogP) is 23.2. The molecule has 19 rings (SSSR count). The SMILES string of the molecule is CC1(C)c2ccccc2-c2cc(N(c3ccc4c(c3)oc3cc5c(cc34)sc3cc4c(cc35)oc3cc(N(c5ccc6c(c5)-c5ccccc5C6(C)C)c5cccc6oc7ccccc7c56)ccc34)c3cccc4oc5ccccc5c34)ccc21. The van der Waals surface area contributed by atoms with Gasteiger partial charge in [-0.1, -0.05) is 137 Å². The van der Waals surface area contributed by atoms with Crippen molar-refractivity contribution < 1.29 is 17.7 Å². The van der Waals surface area contributed by atoms with Crippen LogP contribution in [0, 0.1) is 0 Å². The predicted molar refractivity (Wildman–Crippen MR) is 353 cm³/mol. The minimum atomic E-state index is -0.113. The molecule has 0 N–H and O–H groups in total. The molecule has 0 aliphatic heterocycles. The summed E-state index contributed by atoms with van der Waals surface area (Å²) in [6.45, 7) is 9.33. The van der Waals surface area contributed by atoms with Gasteiger partial charge in [0.25, 0.3) is 0 Å². The van der Waals surface area contributed by atoms with Crippen LogP contribution >= 0.6 is 11.3 Å². The molecule has 0 bridgehead atoms. The summed E-state index contributed by atoms with van der Waals surface area (Å²) in [4.78, 5) is 4.76. The van der Waals surface area contributed by atoms with Crippen molar-refractivity contribution in [2.45, 2.75) is 38.5 Å². The summed E-state index contributed by atoms with van der Waals surface area (Å²) in [5.41, 5.74) is 23.2. The topological polar surface area (TPSA) is 59.0 Å². The fourth-order valence-corrected chi connectivity index (χ4v) is 16.2. The van der Waals surface area contributed by atoms with Crippen molar-refractivity contribution in [3.8, 4) is 22.3 Å². The van der Waals surface area contributed by atoms with Crippen LogP contribution in [0.2, 0.25) is 0 Å². The first-order valence-electron chi connectivity index (χ1n) is 29.2. The van der Waals surface area contributed by atoms with Crippen LogP contribution < -0.4 is 9.80 Å². The van der Waals surface area contributed by atoms with Gasteiger partial charge in [-0.3, -0.25) is 0 Å². The number of furan rings is 4. The highest BCUT2D eigenvalue weighted by Crippen LogP contribution is 2.55. The van der Waals surface area contributed by atoms with E-state index in [4.69, 9.17) is 17.7 Å². The Hall–Kier alpha value is -10.3. The standard InChI is InChI=1S/C78H50N2O4S/c1-77(2)59-19-9-5-15-47(59)53-35-43(29-33-61(53)77)79(63-21-13-25-67-75(63)51-17-7-11-23-65(51)81-67)45-27-31-49-55-41-73-57(39-71(55)83-69(49)37-45)58-40-72-56(42-74(58)85-73)50-32-28-46(38-70(50)84-72)80(64-22-14-26-68-76(64)52-18-8-12-24-66(52)82-68)44-30-34-62-54(36-44)48-16-6-10-20-60(48)78(62,3)4/h5-42H,1-4H3. The lowest BCUT2D eigenvalue weighted by Crippen LogP contribution is -2.15. The monoisotopic (exact) mass is 1110 g/mol. The molecule has 17 aromatic rings. The van der Waals surface area contributed by atoms with Crippen LogP contribution in [0.1, 0.15) is 49.9 Å². The minimum absolute atomic E-state index is 0.113. The maximum Gasteiger partial charge on any atom is 0.137 e. The third-order valence-corrected chi connectivity index (χ3v) is 20.1. The van der Waals surface area contributed by atoms with E-state index in [1.54, 1.807) is 0 Å². The Kier molecular flexibility index (Phi) is 9.26. The molecule has 6 nitrogen and oxygen atoms in total. The van der Waals surface area contributed by atoms with Gasteiger partial charge in [-0.15, -0.1) is 11.3 Å². The van der Waals surface area contributed by atoms with Gasteiger partial charge in [-0.05, 0) is 154 Å². The van der Waals surface area contributed by atoms with E-state index in [-0.39, 0.29) is 10.8 Å². The van der Waals surface area contributed by atoms with Gasteiger partial charge in [0.1, 0.15) is 44.7 Å². The summed E-state index contributed by atoms with van der Waals surface area (Å²) >= 11 is 1.82. The largest absolute Gasteiger partial charge is 0.456 e. The lowest BCUT2D eigenvalue weighted by Gasteiger charge is -2.27. The fraction of sp³-hybridized carbons (Fsp3) is 0.0769. The van der Waals surface area contributed by atoms with E-state index >= 15 is 0 Å². The zero-order valence-electron chi connectivity index (χ0n) is 46.9. The van der Waals surface area contributed by atoms with E-state index in [1.807, 2.05) is 23.5 Å². The third kappa shape index (κ3) is 6.48. The van der Waals surface area contributed by atoms with Gasteiger partial charge < -0.3 is 27.5 Å². The zero-order chi connectivity index (χ0) is 56.2. The van der Waals surface area contributed by atoms with E-state index < -0.39 is 0 Å². The molecule has 0 amide bonds. The third-order valence-electron chi connectivity index (χ3n) is 19.0. The Morgan fingerprint density at radius 1 is 0.271 bits per heavy atom. The first-order valence-corrected chi connectivity index (χ1v) is 30.0. The average molecular weight is 1110 g/mol. The molecule has 0 atom stereocenters. The van der Waals surface area contributed by atoms with Crippen molar-refractivity contribution in [3.63, 3.8) is 0 Å². The lowest BCUT2D eigenvalue weighted by atomic mass is 9.82. The number of hydrogen-bond donors (Lipinski definition) is 0. The number of anilines is 6. The van der Waals surface area contributed by atoms with Crippen molar-refractivity contribution in [1.82, 2.24) is 0 Å². The highest BCUT2D eigenvalue weighted by Gasteiger charge is 2.38. The van der Waals surface area contributed by atoms with E-state index in [9.17, 15) is 0 Å². The number of thiophene rings is 1. The molecule has 0 saturated carbocycles. The van der Waals surface area contributed by atoms with Crippen molar-refractivity contribution in [3.05, 3.63) is 253 Å². The van der Waals surface area contributed by atoms with E-state index in [1.165, 1.54) is 53.9 Å². The molecule has 0 radical (unpaired) electrons. The molecule has 12 aromatic carbocycles. The quantitative estimate of drug-likeness (QED) is 0.165. The molecule has 0 saturated heterocycles. The molecule has 2 aliphatic carbocycles. The normalized spacial score (nSPS) is 14.1. The second-order valence-electron chi connectivity index (χ2n) is 24.3. The summed E-state index contributed by atoms with van der Waals surface area (Å²) < 4.78 is 29.4. The van der Waals surface area contributed by atoms with Crippen LogP contribution in [0.25, 0.3) is 130 Å². The highest BCUT2D eigenvalue weighted by molar-refractivity contribution is 7.26. The summed E-state index contributed by atoms with van der Waals surface area (Å²) in [5, 5.41) is 10.9. The van der Waals surface area contributed by atoms with Crippen LogP contribution in [0.5, 0.6) is 0 Å². The molecule has 7 heteroatoms. The summed E-state index contributed by atoms with van der Waals surface area (Å²) in [5.74, 6) is 0. The summed E-state index contributed by atoms with van der Waals surface area (Å²) in [6.07, 6.45) is 0. The minimum Gasteiger partial charge on any atom is -0.456 e.